The lowest BCUT2D eigenvalue weighted by atomic mass is 9.81. The number of methoxy groups -OCH3 is 1. The maximum Gasteiger partial charge on any atom is 0.407 e. The van der Waals surface area contributed by atoms with Gasteiger partial charge >= 0.3 is 12.1 Å². The number of hydrogen-bond donors (Lipinski definition) is 5. The Bertz CT molecular complexity index is 2050. The second kappa shape index (κ2) is 17.4. The number of nitrogens with one attached hydrogen (secondary N) is 5. The van der Waals surface area contributed by atoms with E-state index in [0.717, 1.165) is 33.4 Å². The third kappa shape index (κ3) is 8.96. The monoisotopic (exact) mass is 789 g/mol. The molecule has 1 aliphatic heterocycles. The van der Waals surface area contributed by atoms with Gasteiger partial charge in [-0.15, -0.1) is 0 Å². The molecule has 5 rings (SSSR count). The summed E-state index contributed by atoms with van der Waals surface area (Å²) >= 11 is 0. The summed E-state index contributed by atoms with van der Waals surface area (Å²) in [7, 11) is -2.92. The van der Waals surface area contributed by atoms with E-state index in [9.17, 15) is 22.8 Å². The number of fused-ring (bicyclic) bond motifs is 4. The van der Waals surface area contributed by atoms with Crippen molar-refractivity contribution < 1.29 is 37.0 Å². The van der Waals surface area contributed by atoms with Gasteiger partial charge < -0.3 is 30.2 Å². The van der Waals surface area contributed by atoms with Crippen molar-refractivity contribution in [3.05, 3.63) is 81.9 Å². The SMILES string of the molecule is CCC[C@@H](NC(=O)[C@H](CCCNC(=N)NS(=O)(=O)c1c(C)c(C)c2c(c1C)C[C@@H](C)C(C)(C)O2)NC(=O)OCC1c2ccccc2-c2ccccc21)C(=O)OC. The van der Waals surface area contributed by atoms with Gasteiger partial charge in [0.15, 0.2) is 0 Å². The maximum absolute atomic E-state index is 13.7. The molecule has 0 fully saturated rings. The first-order chi connectivity index (χ1) is 26.5. The summed E-state index contributed by atoms with van der Waals surface area (Å²) in [6, 6.07) is 13.9. The van der Waals surface area contributed by atoms with Gasteiger partial charge in [-0.05, 0) is 111 Å². The molecule has 13 nitrogen and oxygen atoms in total. The zero-order valence-corrected chi connectivity index (χ0v) is 34.4. The van der Waals surface area contributed by atoms with Gasteiger partial charge in [-0.25, -0.2) is 22.7 Å². The lowest BCUT2D eigenvalue weighted by Gasteiger charge is -2.40. The van der Waals surface area contributed by atoms with E-state index in [1.165, 1.54) is 7.11 Å². The number of hydrogen-bond acceptors (Lipinski definition) is 9. The summed E-state index contributed by atoms with van der Waals surface area (Å²) < 4.78 is 46.7. The maximum atomic E-state index is 13.7. The van der Waals surface area contributed by atoms with Crippen LogP contribution in [-0.4, -0.2) is 70.3 Å². The van der Waals surface area contributed by atoms with Crippen molar-refractivity contribution in [2.45, 2.75) is 109 Å². The number of ether oxygens (including phenoxy) is 3. The first kappa shape index (κ1) is 42.0. The summed E-state index contributed by atoms with van der Waals surface area (Å²) in [5.41, 5.74) is 6.58. The van der Waals surface area contributed by atoms with E-state index in [0.29, 0.717) is 36.1 Å². The number of amides is 2. The highest BCUT2D eigenvalue weighted by Gasteiger charge is 2.38. The molecule has 0 aromatic heterocycles. The molecule has 3 atom stereocenters. The molecule has 0 radical (unpaired) electrons. The van der Waals surface area contributed by atoms with Crippen LogP contribution in [0.15, 0.2) is 53.4 Å². The second-order valence-corrected chi connectivity index (χ2v) is 16.9. The molecule has 302 valence electrons. The van der Waals surface area contributed by atoms with Crippen LogP contribution in [0.2, 0.25) is 0 Å². The summed E-state index contributed by atoms with van der Waals surface area (Å²) in [4.78, 5) is 39.3. The van der Waals surface area contributed by atoms with E-state index in [4.69, 9.17) is 19.6 Å². The van der Waals surface area contributed by atoms with Crippen LogP contribution in [0.4, 0.5) is 4.79 Å². The van der Waals surface area contributed by atoms with Crippen molar-refractivity contribution in [2.24, 2.45) is 5.92 Å². The van der Waals surface area contributed by atoms with E-state index < -0.39 is 51.6 Å². The molecule has 3 aromatic rings. The highest BCUT2D eigenvalue weighted by molar-refractivity contribution is 7.90. The third-order valence-electron chi connectivity index (χ3n) is 11.2. The third-order valence-corrected chi connectivity index (χ3v) is 12.8. The van der Waals surface area contributed by atoms with Crippen LogP contribution in [0, 0.1) is 32.1 Å². The number of carbonyl (C=O) groups excluding carboxylic acids is 3. The molecule has 0 spiro atoms. The molecule has 1 heterocycles. The van der Waals surface area contributed by atoms with Crippen molar-refractivity contribution in [2.75, 3.05) is 20.3 Å². The van der Waals surface area contributed by atoms with Crippen LogP contribution in [0.3, 0.4) is 0 Å². The number of rotatable bonds is 14. The van der Waals surface area contributed by atoms with Crippen LogP contribution in [0.25, 0.3) is 11.1 Å². The van der Waals surface area contributed by atoms with E-state index >= 15 is 0 Å². The van der Waals surface area contributed by atoms with Gasteiger partial charge in [-0.3, -0.25) is 10.2 Å². The average molecular weight is 790 g/mol. The predicted molar refractivity (Wildman–Crippen MR) is 214 cm³/mol. The molecule has 2 aliphatic rings. The Balaban J connectivity index is 1.23. The number of guanidine groups is 1. The highest BCUT2D eigenvalue weighted by atomic mass is 32.2. The number of sulfonamides is 1. The second-order valence-electron chi connectivity index (χ2n) is 15.3. The number of esters is 1. The van der Waals surface area contributed by atoms with Gasteiger partial charge in [0.05, 0.1) is 12.0 Å². The minimum atomic E-state index is -4.16. The standard InChI is InChI=1S/C42H55N5O8S/c1-9-15-35(39(49)53-8)45-38(48)34(46-41(50)54-23-33-30-18-12-10-16-28(30)29-17-11-13-19-31(29)33)20-14-21-44-40(43)47-56(51,52)37-26(4)25(3)36-32(27(37)5)22-24(2)42(6,7)55-36/h10-13,16-19,24,33-35H,9,14-15,20-23H2,1-8H3,(H,45,48)(H,46,50)(H3,43,44,47)/t24-,34+,35-/m1/s1. The number of alkyl carbamates (subject to hydrolysis) is 1. The van der Waals surface area contributed by atoms with Gasteiger partial charge in [0.25, 0.3) is 10.0 Å². The van der Waals surface area contributed by atoms with E-state index in [1.54, 1.807) is 13.8 Å². The molecule has 14 heteroatoms. The zero-order valence-electron chi connectivity index (χ0n) is 33.6. The zero-order chi connectivity index (χ0) is 40.9. The average Bonchev–Trinajstić information content (AvgIpc) is 3.47. The molecule has 0 saturated heterocycles. The van der Waals surface area contributed by atoms with Crippen LogP contribution in [0.5, 0.6) is 5.75 Å². The normalized spacial score (nSPS) is 16.5. The molecule has 0 unspecified atom stereocenters. The van der Waals surface area contributed by atoms with Gasteiger partial charge in [0, 0.05) is 12.5 Å². The van der Waals surface area contributed by atoms with Crippen molar-refractivity contribution in [3.63, 3.8) is 0 Å². The van der Waals surface area contributed by atoms with Gasteiger partial charge in [-0.1, -0.05) is 68.8 Å². The summed E-state index contributed by atoms with van der Waals surface area (Å²) in [5.74, 6) is -0.963. The number of carbonyl (C=O) groups is 3. The summed E-state index contributed by atoms with van der Waals surface area (Å²) in [6.45, 7) is 13.5. The Labute approximate surface area is 330 Å². The van der Waals surface area contributed by atoms with Crippen LogP contribution in [-0.2, 0) is 35.5 Å². The molecule has 2 amide bonds. The van der Waals surface area contributed by atoms with Crippen LogP contribution < -0.4 is 25.4 Å². The molecule has 3 aromatic carbocycles. The first-order valence-corrected chi connectivity index (χ1v) is 20.7. The van der Waals surface area contributed by atoms with Crippen LogP contribution >= 0.6 is 0 Å². The van der Waals surface area contributed by atoms with Crippen molar-refractivity contribution >= 4 is 34.0 Å². The van der Waals surface area contributed by atoms with Crippen LogP contribution in [0.1, 0.15) is 92.7 Å². The van der Waals surface area contributed by atoms with Crippen molar-refractivity contribution in [1.82, 2.24) is 20.7 Å². The van der Waals surface area contributed by atoms with Crippen molar-refractivity contribution in [1.29, 1.82) is 5.41 Å². The Morgan fingerprint density at radius 3 is 2.16 bits per heavy atom. The first-order valence-electron chi connectivity index (χ1n) is 19.2. The van der Waals surface area contributed by atoms with E-state index in [-0.39, 0.29) is 42.7 Å². The fourth-order valence-corrected chi connectivity index (χ4v) is 9.13. The number of benzene rings is 3. The minimum absolute atomic E-state index is 0.0421. The molecule has 5 N–H and O–H groups in total. The van der Waals surface area contributed by atoms with E-state index in [1.807, 2.05) is 76.2 Å². The fraction of sp³-hybridized carbons (Fsp3) is 0.476. The molecular weight excluding hydrogens is 735 g/mol. The molecule has 0 saturated carbocycles. The molecular formula is C42H55N5O8S. The molecule has 56 heavy (non-hydrogen) atoms. The quantitative estimate of drug-likeness (QED) is 0.0574. The molecule has 1 aliphatic carbocycles. The van der Waals surface area contributed by atoms with E-state index in [2.05, 4.69) is 27.6 Å². The Morgan fingerprint density at radius 1 is 0.929 bits per heavy atom. The predicted octanol–water partition coefficient (Wildman–Crippen LogP) is 5.91. The minimum Gasteiger partial charge on any atom is -0.487 e. The lowest BCUT2D eigenvalue weighted by molar-refractivity contribution is -0.145. The smallest absolute Gasteiger partial charge is 0.407 e. The van der Waals surface area contributed by atoms with Crippen molar-refractivity contribution in [3.8, 4) is 16.9 Å². The van der Waals surface area contributed by atoms with Gasteiger partial charge in [-0.2, -0.15) is 0 Å². The summed E-state index contributed by atoms with van der Waals surface area (Å²) in [5, 5.41) is 16.6. The fourth-order valence-electron chi connectivity index (χ4n) is 7.60. The molecule has 0 bridgehead atoms. The largest absolute Gasteiger partial charge is 0.487 e. The summed E-state index contributed by atoms with van der Waals surface area (Å²) in [6.07, 6.45) is 1.11. The lowest BCUT2D eigenvalue weighted by Crippen LogP contribution is -2.52. The van der Waals surface area contributed by atoms with Gasteiger partial charge in [0.2, 0.25) is 11.9 Å². The Kier molecular flexibility index (Phi) is 13.0. The Hall–Kier alpha value is -5.11. The highest BCUT2D eigenvalue weighted by Crippen LogP contribution is 2.45. The topological polar surface area (TPSA) is 185 Å². The Morgan fingerprint density at radius 2 is 1.55 bits per heavy atom. The van der Waals surface area contributed by atoms with Gasteiger partial charge in [0.1, 0.15) is 30.0 Å².